The van der Waals surface area contributed by atoms with Gasteiger partial charge in [-0.25, -0.2) is 4.79 Å². The Balaban J connectivity index is 1.77. The van der Waals surface area contributed by atoms with Crippen LogP contribution in [0.4, 0.5) is 16.2 Å². The number of nitrogens with one attached hydrogen (secondary N) is 3. The molecule has 0 aliphatic heterocycles. The lowest BCUT2D eigenvalue weighted by molar-refractivity contribution is -0.121. The average molecular weight is 343 g/mol. The van der Waals surface area contributed by atoms with Crippen LogP contribution in [0.5, 0.6) is 5.75 Å². The van der Waals surface area contributed by atoms with E-state index >= 15 is 0 Å². The van der Waals surface area contributed by atoms with Gasteiger partial charge in [0, 0.05) is 18.4 Å². The fourth-order valence-corrected chi connectivity index (χ4v) is 2.05. The van der Waals surface area contributed by atoms with Gasteiger partial charge in [0.15, 0.2) is 0 Å². The first-order valence-corrected chi connectivity index (χ1v) is 7.70. The zero-order chi connectivity index (χ0) is 18.1. The van der Waals surface area contributed by atoms with Crippen LogP contribution in [-0.4, -0.2) is 32.7 Å². The van der Waals surface area contributed by atoms with Gasteiger partial charge in [-0.15, -0.1) is 0 Å². The van der Waals surface area contributed by atoms with Gasteiger partial charge in [-0.1, -0.05) is 12.1 Å². The molecular weight excluding hydrogens is 322 g/mol. The van der Waals surface area contributed by atoms with Crippen LogP contribution in [0.2, 0.25) is 0 Å². The lowest BCUT2D eigenvalue weighted by atomic mass is 10.2. The molecule has 0 aliphatic rings. The molecule has 0 heterocycles. The number of methoxy groups -OCH3 is 1. The van der Waals surface area contributed by atoms with Gasteiger partial charge in [0.2, 0.25) is 5.91 Å². The summed E-state index contributed by atoms with van der Waals surface area (Å²) < 4.78 is 10.5. The maximum Gasteiger partial charge on any atom is 0.318 e. The number of hydrogen-bond donors (Lipinski definition) is 3. The highest BCUT2D eigenvalue weighted by Crippen LogP contribution is 2.14. The second-order valence-corrected chi connectivity index (χ2v) is 5.17. The molecule has 0 saturated carbocycles. The number of urea groups is 1. The van der Waals surface area contributed by atoms with Crippen LogP contribution in [0.3, 0.4) is 0 Å². The van der Waals surface area contributed by atoms with E-state index in [-0.39, 0.29) is 18.5 Å². The van der Waals surface area contributed by atoms with E-state index in [1.165, 1.54) is 7.05 Å². The Morgan fingerprint density at radius 3 is 2.32 bits per heavy atom. The molecule has 2 aromatic carbocycles. The number of carbonyl (C=O) groups excluding carboxylic acids is 2. The highest BCUT2D eigenvalue weighted by Gasteiger charge is 2.04. The predicted molar refractivity (Wildman–Crippen MR) is 95.8 cm³/mol. The molecular formula is C18H21N3O4. The molecule has 0 fully saturated rings. The van der Waals surface area contributed by atoms with Crippen LogP contribution in [0.15, 0.2) is 48.5 Å². The number of rotatable bonds is 7. The second-order valence-electron chi connectivity index (χ2n) is 5.17. The van der Waals surface area contributed by atoms with Crippen molar-refractivity contribution in [2.24, 2.45) is 0 Å². The molecule has 2 rings (SSSR count). The molecule has 7 heteroatoms. The number of carbonyl (C=O) groups is 2. The number of amides is 3. The Morgan fingerprint density at radius 1 is 1.00 bits per heavy atom. The summed E-state index contributed by atoms with van der Waals surface area (Å²) in [6, 6.07) is 14.0. The van der Waals surface area contributed by atoms with Gasteiger partial charge in [-0.3, -0.25) is 4.79 Å². The average Bonchev–Trinajstić information content (AvgIpc) is 2.63. The second kappa shape index (κ2) is 9.29. The monoisotopic (exact) mass is 343 g/mol. The van der Waals surface area contributed by atoms with Crippen LogP contribution in [0.25, 0.3) is 0 Å². The molecule has 3 amide bonds. The third-order valence-electron chi connectivity index (χ3n) is 3.29. The third kappa shape index (κ3) is 6.15. The van der Waals surface area contributed by atoms with E-state index < -0.39 is 0 Å². The minimum Gasteiger partial charge on any atom is -0.497 e. The van der Waals surface area contributed by atoms with Crippen LogP contribution < -0.4 is 20.7 Å². The van der Waals surface area contributed by atoms with Crippen LogP contribution in [0, 0.1) is 0 Å². The molecule has 0 saturated heterocycles. The molecule has 25 heavy (non-hydrogen) atoms. The van der Waals surface area contributed by atoms with Crippen molar-refractivity contribution in [2.45, 2.75) is 6.61 Å². The number of benzene rings is 2. The summed E-state index contributed by atoms with van der Waals surface area (Å²) >= 11 is 0. The van der Waals surface area contributed by atoms with E-state index in [1.54, 1.807) is 31.4 Å². The van der Waals surface area contributed by atoms with E-state index in [1.807, 2.05) is 24.3 Å². The van der Waals surface area contributed by atoms with E-state index in [4.69, 9.17) is 9.47 Å². The summed E-state index contributed by atoms with van der Waals surface area (Å²) in [6.45, 7) is 0.259. The summed E-state index contributed by atoms with van der Waals surface area (Å²) in [5.41, 5.74) is 2.18. The van der Waals surface area contributed by atoms with Gasteiger partial charge in [0.25, 0.3) is 0 Å². The van der Waals surface area contributed by atoms with Crippen molar-refractivity contribution in [2.75, 3.05) is 31.4 Å². The molecule has 0 radical (unpaired) electrons. The maximum absolute atomic E-state index is 11.9. The van der Waals surface area contributed by atoms with Crippen molar-refractivity contribution in [1.29, 1.82) is 0 Å². The van der Waals surface area contributed by atoms with Crippen molar-refractivity contribution in [3.63, 3.8) is 0 Å². The largest absolute Gasteiger partial charge is 0.497 e. The predicted octanol–water partition coefficient (Wildman–Crippen LogP) is 2.60. The Labute approximate surface area is 146 Å². The fourth-order valence-electron chi connectivity index (χ4n) is 2.05. The summed E-state index contributed by atoms with van der Waals surface area (Å²) in [4.78, 5) is 23.1. The van der Waals surface area contributed by atoms with Gasteiger partial charge in [0.05, 0.1) is 13.7 Å². The standard InChI is InChI=1S/C18H21N3O4/c1-19-18(23)21-15-8-6-14(7-9-15)20-17(22)12-25-11-13-4-3-5-16(10-13)24-2/h3-10H,11-12H2,1-2H3,(H,20,22)(H2,19,21,23). The van der Waals surface area contributed by atoms with Crippen LogP contribution >= 0.6 is 0 Å². The summed E-state index contributed by atoms with van der Waals surface area (Å²) in [7, 11) is 3.14. The van der Waals surface area contributed by atoms with E-state index in [2.05, 4.69) is 16.0 Å². The van der Waals surface area contributed by atoms with Crippen molar-refractivity contribution in [3.8, 4) is 5.75 Å². The molecule has 0 aliphatic carbocycles. The van der Waals surface area contributed by atoms with Crippen molar-refractivity contribution < 1.29 is 19.1 Å². The number of hydrogen-bond acceptors (Lipinski definition) is 4. The van der Waals surface area contributed by atoms with E-state index in [9.17, 15) is 9.59 Å². The SMILES string of the molecule is CNC(=O)Nc1ccc(NC(=O)COCc2cccc(OC)c2)cc1. The molecule has 3 N–H and O–H groups in total. The topological polar surface area (TPSA) is 88.7 Å². The van der Waals surface area contributed by atoms with E-state index in [0.29, 0.717) is 18.0 Å². The normalized spacial score (nSPS) is 10.0. The Kier molecular flexibility index (Phi) is 6.79. The first-order chi connectivity index (χ1) is 12.1. The molecule has 2 aromatic rings. The minimum atomic E-state index is -0.303. The molecule has 0 unspecified atom stereocenters. The molecule has 0 atom stereocenters. The number of anilines is 2. The van der Waals surface area contributed by atoms with Crippen LogP contribution in [-0.2, 0) is 16.1 Å². The quantitative estimate of drug-likeness (QED) is 0.721. The van der Waals surface area contributed by atoms with Gasteiger partial charge < -0.3 is 25.4 Å². The minimum absolute atomic E-state index is 0.0601. The molecule has 0 spiro atoms. The van der Waals surface area contributed by atoms with Gasteiger partial charge in [0.1, 0.15) is 12.4 Å². The zero-order valence-electron chi connectivity index (χ0n) is 14.2. The Morgan fingerprint density at radius 2 is 1.68 bits per heavy atom. The first kappa shape index (κ1) is 18.3. The highest BCUT2D eigenvalue weighted by atomic mass is 16.5. The summed E-state index contributed by atoms with van der Waals surface area (Å²) in [5, 5.41) is 7.82. The van der Waals surface area contributed by atoms with Gasteiger partial charge in [-0.05, 0) is 42.0 Å². The summed E-state index contributed by atoms with van der Waals surface area (Å²) in [6.07, 6.45) is 0. The van der Waals surface area contributed by atoms with Crippen molar-refractivity contribution >= 4 is 23.3 Å². The first-order valence-electron chi connectivity index (χ1n) is 7.70. The Bertz CT molecular complexity index is 717. The number of ether oxygens (including phenoxy) is 2. The highest BCUT2D eigenvalue weighted by molar-refractivity contribution is 5.92. The molecule has 7 nitrogen and oxygen atoms in total. The fraction of sp³-hybridized carbons (Fsp3) is 0.222. The molecule has 0 bridgehead atoms. The smallest absolute Gasteiger partial charge is 0.318 e. The zero-order valence-corrected chi connectivity index (χ0v) is 14.2. The van der Waals surface area contributed by atoms with E-state index in [0.717, 1.165) is 11.3 Å². The maximum atomic E-state index is 11.9. The Hall–Kier alpha value is -3.06. The van der Waals surface area contributed by atoms with Crippen molar-refractivity contribution in [1.82, 2.24) is 5.32 Å². The third-order valence-corrected chi connectivity index (χ3v) is 3.29. The lowest BCUT2D eigenvalue weighted by Crippen LogP contribution is -2.24. The van der Waals surface area contributed by atoms with Gasteiger partial charge in [-0.2, -0.15) is 0 Å². The van der Waals surface area contributed by atoms with Crippen LogP contribution in [0.1, 0.15) is 5.56 Å². The molecule has 0 aromatic heterocycles. The lowest BCUT2D eigenvalue weighted by Gasteiger charge is -2.09. The van der Waals surface area contributed by atoms with Gasteiger partial charge >= 0.3 is 6.03 Å². The van der Waals surface area contributed by atoms with Crippen molar-refractivity contribution in [3.05, 3.63) is 54.1 Å². The summed E-state index contributed by atoms with van der Waals surface area (Å²) in [5.74, 6) is 0.492. The molecule has 132 valence electrons.